The molecule has 0 aliphatic rings. The Morgan fingerprint density at radius 2 is 1.81 bits per heavy atom. The molecule has 26 heavy (non-hydrogen) atoms. The van der Waals surface area contributed by atoms with Gasteiger partial charge in [0.2, 0.25) is 0 Å². The first-order valence-corrected chi connectivity index (χ1v) is 9.25. The third-order valence-electron chi connectivity index (χ3n) is 4.14. The zero-order valence-electron chi connectivity index (χ0n) is 15.4. The first-order valence-electron chi connectivity index (χ1n) is 8.43. The van der Waals surface area contributed by atoms with E-state index in [1.54, 1.807) is 7.11 Å². The Kier molecular flexibility index (Phi) is 5.47. The van der Waals surface area contributed by atoms with E-state index in [0.29, 0.717) is 17.1 Å². The van der Waals surface area contributed by atoms with Gasteiger partial charge in [-0.25, -0.2) is 4.98 Å². The minimum absolute atomic E-state index is 0.0928. The van der Waals surface area contributed by atoms with Crippen molar-refractivity contribution < 1.29 is 4.74 Å². The molecule has 0 amide bonds. The summed E-state index contributed by atoms with van der Waals surface area (Å²) in [5.41, 5.74) is 4.98. The number of benzene rings is 2. The Morgan fingerprint density at radius 1 is 1.08 bits per heavy atom. The number of nitrogens with one attached hydrogen (secondary N) is 1. The molecule has 1 heterocycles. The van der Waals surface area contributed by atoms with Crippen LogP contribution in [0.1, 0.15) is 27.9 Å². The lowest BCUT2D eigenvalue weighted by Gasteiger charge is -2.09. The number of aromatic amines is 1. The molecular weight excluding hydrogens is 344 g/mol. The summed E-state index contributed by atoms with van der Waals surface area (Å²) in [5, 5.41) is 0.591. The number of hydrogen-bond acceptors (Lipinski definition) is 4. The maximum Gasteiger partial charge on any atom is 0.254 e. The minimum Gasteiger partial charge on any atom is -0.497 e. The Balaban J connectivity index is 1.92. The molecule has 0 unspecified atom stereocenters. The molecular formula is C21H22N2O2S. The number of H-pyrrole nitrogens is 1. The predicted octanol–water partition coefficient (Wildman–Crippen LogP) is 4.45. The summed E-state index contributed by atoms with van der Waals surface area (Å²) >= 11 is 1.42. The van der Waals surface area contributed by atoms with E-state index in [0.717, 1.165) is 16.3 Å². The largest absolute Gasteiger partial charge is 0.497 e. The molecule has 3 rings (SSSR count). The summed E-state index contributed by atoms with van der Waals surface area (Å²) in [6.45, 7) is 5.99. The fourth-order valence-electron chi connectivity index (χ4n) is 2.92. The zero-order chi connectivity index (χ0) is 18.7. The maximum absolute atomic E-state index is 12.4. The van der Waals surface area contributed by atoms with Crippen LogP contribution in [0.2, 0.25) is 0 Å². The Labute approximate surface area is 157 Å². The SMILES string of the molecule is COc1cccc(Sc2nc(Cc3cc(C)cc(C)c3)c(C)c(=O)[nH]2)c1. The highest BCUT2D eigenvalue weighted by atomic mass is 32.2. The number of nitrogens with zero attached hydrogens (tertiary/aromatic N) is 1. The second kappa shape index (κ2) is 7.79. The number of rotatable bonds is 5. The molecule has 0 spiro atoms. The topological polar surface area (TPSA) is 55.0 Å². The molecule has 5 heteroatoms. The van der Waals surface area contributed by atoms with Gasteiger partial charge in [0.05, 0.1) is 12.8 Å². The summed E-state index contributed by atoms with van der Waals surface area (Å²) in [7, 11) is 1.64. The highest BCUT2D eigenvalue weighted by molar-refractivity contribution is 7.99. The molecule has 0 bridgehead atoms. The predicted molar refractivity (Wildman–Crippen MR) is 105 cm³/mol. The van der Waals surface area contributed by atoms with Crippen LogP contribution in [0.25, 0.3) is 0 Å². The average Bonchev–Trinajstić information content (AvgIpc) is 2.58. The third-order valence-corrected chi connectivity index (χ3v) is 5.02. The normalized spacial score (nSPS) is 10.8. The highest BCUT2D eigenvalue weighted by Crippen LogP contribution is 2.27. The molecule has 3 aromatic rings. The maximum atomic E-state index is 12.4. The van der Waals surface area contributed by atoms with Crippen molar-refractivity contribution in [3.05, 3.63) is 80.8 Å². The van der Waals surface area contributed by atoms with Gasteiger partial charge in [-0.1, -0.05) is 47.2 Å². The Bertz CT molecular complexity index is 975. The first-order chi connectivity index (χ1) is 12.4. The van der Waals surface area contributed by atoms with Crippen molar-refractivity contribution in [2.45, 2.75) is 37.2 Å². The number of aryl methyl sites for hydroxylation is 2. The molecule has 0 atom stereocenters. The fraction of sp³-hybridized carbons (Fsp3) is 0.238. The number of ether oxygens (including phenoxy) is 1. The van der Waals surface area contributed by atoms with Crippen molar-refractivity contribution in [1.29, 1.82) is 0 Å². The van der Waals surface area contributed by atoms with Crippen LogP contribution in [0.4, 0.5) is 0 Å². The van der Waals surface area contributed by atoms with E-state index in [1.165, 1.54) is 28.5 Å². The summed E-state index contributed by atoms with van der Waals surface area (Å²) in [6.07, 6.45) is 0.643. The van der Waals surface area contributed by atoms with Gasteiger partial charge in [-0.15, -0.1) is 0 Å². The lowest BCUT2D eigenvalue weighted by molar-refractivity contribution is 0.413. The highest BCUT2D eigenvalue weighted by Gasteiger charge is 2.10. The van der Waals surface area contributed by atoms with E-state index in [-0.39, 0.29) is 5.56 Å². The van der Waals surface area contributed by atoms with Gasteiger partial charge in [0, 0.05) is 16.9 Å². The molecule has 1 N–H and O–H groups in total. The summed E-state index contributed by atoms with van der Waals surface area (Å²) in [5.74, 6) is 0.778. The van der Waals surface area contributed by atoms with Crippen LogP contribution in [0.15, 0.2) is 57.3 Å². The van der Waals surface area contributed by atoms with Crippen LogP contribution in [0, 0.1) is 20.8 Å². The number of aromatic nitrogens is 2. The Morgan fingerprint density at radius 3 is 2.50 bits per heavy atom. The fourth-order valence-corrected chi connectivity index (χ4v) is 3.76. The zero-order valence-corrected chi connectivity index (χ0v) is 16.2. The molecule has 0 fully saturated rings. The van der Waals surface area contributed by atoms with Crippen molar-refractivity contribution in [2.24, 2.45) is 0 Å². The second-order valence-electron chi connectivity index (χ2n) is 6.40. The van der Waals surface area contributed by atoms with Crippen molar-refractivity contribution >= 4 is 11.8 Å². The van der Waals surface area contributed by atoms with Gasteiger partial charge in [-0.05, 0) is 44.5 Å². The number of hydrogen-bond donors (Lipinski definition) is 1. The van der Waals surface area contributed by atoms with Crippen LogP contribution in [-0.2, 0) is 6.42 Å². The standard InChI is InChI=1S/C21H22N2O2S/c1-13-8-14(2)10-16(9-13)11-19-15(3)20(24)23-21(22-19)26-18-7-5-6-17(12-18)25-4/h5-10,12H,11H2,1-4H3,(H,22,23,24). The molecule has 0 radical (unpaired) electrons. The van der Waals surface area contributed by atoms with E-state index < -0.39 is 0 Å². The van der Waals surface area contributed by atoms with Gasteiger partial charge in [-0.3, -0.25) is 4.79 Å². The van der Waals surface area contributed by atoms with Crippen molar-refractivity contribution in [3.63, 3.8) is 0 Å². The van der Waals surface area contributed by atoms with E-state index in [4.69, 9.17) is 9.72 Å². The van der Waals surface area contributed by atoms with Gasteiger partial charge in [-0.2, -0.15) is 0 Å². The monoisotopic (exact) mass is 366 g/mol. The van der Waals surface area contributed by atoms with Gasteiger partial charge in [0.25, 0.3) is 5.56 Å². The molecule has 0 saturated carbocycles. The molecule has 4 nitrogen and oxygen atoms in total. The molecule has 1 aromatic heterocycles. The van der Waals surface area contributed by atoms with Crippen molar-refractivity contribution in [3.8, 4) is 5.75 Å². The molecule has 2 aromatic carbocycles. The summed E-state index contributed by atoms with van der Waals surface area (Å²) < 4.78 is 5.25. The molecule has 0 saturated heterocycles. The van der Waals surface area contributed by atoms with Crippen molar-refractivity contribution in [1.82, 2.24) is 9.97 Å². The quantitative estimate of drug-likeness (QED) is 0.678. The van der Waals surface area contributed by atoms with Crippen LogP contribution in [0.3, 0.4) is 0 Å². The molecule has 0 aliphatic carbocycles. The second-order valence-corrected chi connectivity index (χ2v) is 7.46. The average molecular weight is 366 g/mol. The lowest BCUT2D eigenvalue weighted by atomic mass is 10.0. The molecule has 134 valence electrons. The van der Waals surface area contributed by atoms with E-state index in [2.05, 4.69) is 37.0 Å². The molecule has 0 aliphatic heterocycles. The van der Waals surface area contributed by atoms with Crippen LogP contribution in [0.5, 0.6) is 5.75 Å². The van der Waals surface area contributed by atoms with Gasteiger partial charge in [0.15, 0.2) is 5.16 Å². The van der Waals surface area contributed by atoms with Gasteiger partial charge < -0.3 is 9.72 Å². The Hall–Kier alpha value is -2.53. The van der Waals surface area contributed by atoms with E-state index in [1.807, 2.05) is 31.2 Å². The third kappa shape index (κ3) is 4.35. The van der Waals surface area contributed by atoms with Gasteiger partial charge >= 0.3 is 0 Å². The van der Waals surface area contributed by atoms with Crippen LogP contribution < -0.4 is 10.3 Å². The van der Waals surface area contributed by atoms with Crippen LogP contribution in [-0.4, -0.2) is 17.1 Å². The van der Waals surface area contributed by atoms with E-state index in [9.17, 15) is 4.79 Å². The summed E-state index contributed by atoms with van der Waals surface area (Å²) in [6, 6.07) is 14.1. The number of methoxy groups -OCH3 is 1. The van der Waals surface area contributed by atoms with E-state index >= 15 is 0 Å². The smallest absolute Gasteiger partial charge is 0.254 e. The lowest BCUT2D eigenvalue weighted by Crippen LogP contribution is -2.16. The minimum atomic E-state index is -0.0928. The van der Waals surface area contributed by atoms with Crippen molar-refractivity contribution in [2.75, 3.05) is 7.11 Å². The van der Waals surface area contributed by atoms with Crippen LogP contribution >= 0.6 is 11.8 Å². The first kappa shape index (κ1) is 18.3. The summed E-state index contributed by atoms with van der Waals surface area (Å²) in [4.78, 5) is 20.9. The van der Waals surface area contributed by atoms with Gasteiger partial charge in [0.1, 0.15) is 5.75 Å².